The number of anilines is 2. The molecule has 0 aromatic heterocycles. The first-order chi connectivity index (χ1) is 8.18. The van der Waals surface area contributed by atoms with Crippen LogP contribution in [0.1, 0.15) is 6.42 Å². The molecule has 0 radical (unpaired) electrons. The molecule has 0 bridgehead atoms. The monoisotopic (exact) mass is 233 g/mol. The number of rotatable bonds is 3. The molecule has 0 spiro atoms. The van der Waals surface area contributed by atoms with Gasteiger partial charge in [0.2, 0.25) is 5.91 Å². The van der Waals surface area contributed by atoms with Crippen molar-refractivity contribution in [3.8, 4) is 0 Å². The van der Waals surface area contributed by atoms with Crippen molar-refractivity contribution in [1.82, 2.24) is 4.90 Å². The van der Waals surface area contributed by atoms with Gasteiger partial charge in [-0.1, -0.05) is 12.1 Å². The lowest BCUT2D eigenvalue weighted by Gasteiger charge is -2.24. The van der Waals surface area contributed by atoms with E-state index in [-0.39, 0.29) is 5.91 Å². The molecule has 1 aliphatic heterocycles. The standard InChI is InChI=1S/C13H19N3O/c1-15(2)9-10-16-12-6-4-3-5-11(12)14-8-7-13(16)17/h3-6,14H,7-10H2,1-2H3. The predicted octanol–water partition coefficient (Wildman–Crippen LogP) is 1.40. The van der Waals surface area contributed by atoms with Crippen molar-refractivity contribution in [3.05, 3.63) is 24.3 Å². The van der Waals surface area contributed by atoms with Crippen molar-refractivity contribution >= 4 is 17.3 Å². The summed E-state index contributed by atoms with van der Waals surface area (Å²) in [5.41, 5.74) is 2.05. The van der Waals surface area contributed by atoms with Gasteiger partial charge in [0, 0.05) is 26.1 Å². The number of hydrogen-bond donors (Lipinski definition) is 1. The Bertz CT molecular complexity index is 403. The number of nitrogens with one attached hydrogen (secondary N) is 1. The Kier molecular flexibility index (Phi) is 3.64. The third-order valence-electron chi connectivity index (χ3n) is 2.92. The Hall–Kier alpha value is -1.55. The van der Waals surface area contributed by atoms with E-state index >= 15 is 0 Å². The second kappa shape index (κ2) is 5.19. The average molecular weight is 233 g/mol. The van der Waals surface area contributed by atoms with Gasteiger partial charge in [-0.15, -0.1) is 0 Å². The number of fused-ring (bicyclic) bond motifs is 1. The average Bonchev–Trinajstić information content (AvgIpc) is 2.45. The molecular formula is C13H19N3O. The third-order valence-corrected chi connectivity index (χ3v) is 2.92. The van der Waals surface area contributed by atoms with E-state index in [2.05, 4.69) is 10.2 Å². The second-order valence-corrected chi connectivity index (χ2v) is 4.54. The molecule has 0 saturated heterocycles. The van der Waals surface area contributed by atoms with Gasteiger partial charge in [0.25, 0.3) is 0 Å². The fourth-order valence-electron chi connectivity index (χ4n) is 1.98. The minimum atomic E-state index is 0.198. The van der Waals surface area contributed by atoms with Crippen LogP contribution in [0.2, 0.25) is 0 Å². The molecule has 1 aromatic rings. The highest BCUT2D eigenvalue weighted by atomic mass is 16.2. The van der Waals surface area contributed by atoms with Gasteiger partial charge in [0.05, 0.1) is 11.4 Å². The summed E-state index contributed by atoms with van der Waals surface area (Å²) < 4.78 is 0. The van der Waals surface area contributed by atoms with Gasteiger partial charge < -0.3 is 15.1 Å². The fourth-order valence-corrected chi connectivity index (χ4v) is 1.98. The van der Waals surface area contributed by atoms with E-state index in [1.165, 1.54) is 0 Å². The van der Waals surface area contributed by atoms with Crippen molar-refractivity contribution in [2.24, 2.45) is 0 Å². The van der Waals surface area contributed by atoms with Crippen LogP contribution in [-0.2, 0) is 4.79 Å². The molecule has 2 rings (SSSR count). The predicted molar refractivity (Wildman–Crippen MR) is 70.5 cm³/mol. The van der Waals surface area contributed by atoms with Gasteiger partial charge in [0.1, 0.15) is 0 Å². The lowest BCUT2D eigenvalue weighted by molar-refractivity contribution is -0.118. The summed E-state index contributed by atoms with van der Waals surface area (Å²) in [5, 5.41) is 3.30. The van der Waals surface area contributed by atoms with E-state index in [1.807, 2.05) is 43.3 Å². The van der Waals surface area contributed by atoms with Crippen molar-refractivity contribution < 1.29 is 4.79 Å². The molecule has 0 saturated carbocycles. The Morgan fingerprint density at radius 3 is 2.88 bits per heavy atom. The number of amides is 1. The maximum absolute atomic E-state index is 12.1. The summed E-state index contributed by atoms with van der Waals surface area (Å²) in [6.45, 7) is 2.33. The summed E-state index contributed by atoms with van der Waals surface area (Å²) in [6.07, 6.45) is 0.558. The summed E-state index contributed by atoms with van der Waals surface area (Å²) >= 11 is 0. The highest BCUT2D eigenvalue weighted by Crippen LogP contribution is 2.28. The number of carbonyl (C=O) groups excluding carboxylic acids is 1. The van der Waals surface area contributed by atoms with Crippen LogP contribution in [0.15, 0.2) is 24.3 Å². The Morgan fingerprint density at radius 2 is 2.12 bits per heavy atom. The minimum absolute atomic E-state index is 0.198. The number of carbonyl (C=O) groups is 1. The minimum Gasteiger partial charge on any atom is -0.383 e. The summed E-state index contributed by atoms with van der Waals surface area (Å²) in [7, 11) is 4.04. The molecule has 4 nitrogen and oxygen atoms in total. The maximum atomic E-state index is 12.1. The quantitative estimate of drug-likeness (QED) is 0.857. The normalized spacial score (nSPS) is 15.5. The highest BCUT2D eigenvalue weighted by Gasteiger charge is 2.21. The van der Waals surface area contributed by atoms with Crippen LogP contribution in [0.25, 0.3) is 0 Å². The van der Waals surface area contributed by atoms with Crippen LogP contribution >= 0.6 is 0 Å². The van der Waals surface area contributed by atoms with E-state index in [0.717, 1.165) is 24.5 Å². The maximum Gasteiger partial charge on any atom is 0.228 e. The first-order valence-corrected chi connectivity index (χ1v) is 5.96. The first kappa shape index (κ1) is 11.9. The van der Waals surface area contributed by atoms with Gasteiger partial charge in [-0.05, 0) is 26.2 Å². The lowest BCUT2D eigenvalue weighted by atomic mass is 10.2. The molecule has 1 heterocycles. The van der Waals surface area contributed by atoms with Gasteiger partial charge in [-0.2, -0.15) is 0 Å². The van der Waals surface area contributed by atoms with Crippen molar-refractivity contribution in [1.29, 1.82) is 0 Å². The smallest absolute Gasteiger partial charge is 0.228 e. The molecule has 4 heteroatoms. The molecular weight excluding hydrogens is 214 g/mol. The third kappa shape index (κ3) is 2.77. The van der Waals surface area contributed by atoms with Crippen LogP contribution in [-0.4, -0.2) is 44.5 Å². The van der Waals surface area contributed by atoms with Crippen molar-refractivity contribution in [2.45, 2.75) is 6.42 Å². The molecule has 0 atom stereocenters. The molecule has 0 aliphatic carbocycles. The second-order valence-electron chi connectivity index (χ2n) is 4.54. The first-order valence-electron chi connectivity index (χ1n) is 5.96. The number of likely N-dealkylation sites (N-methyl/N-ethyl adjacent to an activating group) is 1. The number of benzene rings is 1. The molecule has 17 heavy (non-hydrogen) atoms. The van der Waals surface area contributed by atoms with Crippen LogP contribution in [0.4, 0.5) is 11.4 Å². The molecule has 0 fully saturated rings. The zero-order valence-electron chi connectivity index (χ0n) is 10.4. The van der Waals surface area contributed by atoms with Gasteiger partial charge in [-0.3, -0.25) is 4.79 Å². The van der Waals surface area contributed by atoms with Gasteiger partial charge in [-0.25, -0.2) is 0 Å². The van der Waals surface area contributed by atoms with E-state index < -0.39 is 0 Å². The van der Waals surface area contributed by atoms with E-state index in [9.17, 15) is 4.79 Å². The molecule has 0 unspecified atom stereocenters. The number of hydrogen-bond acceptors (Lipinski definition) is 3. The molecule has 1 aromatic carbocycles. The Balaban J connectivity index is 2.24. The van der Waals surface area contributed by atoms with Crippen molar-refractivity contribution in [3.63, 3.8) is 0 Å². The fraction of sp³-hybridized carbons (Fsp3) is 0.462. The SMILES string of the molecule is CN(C)CCN1C(=O)CCNc2ccccc21. The van der Waals surface area contributed by atoms with Crippen LogP contribution in [0.3, 0.4) is 0 Å². The van der Waals surface area contributed by atoms with E-state index in [4.69, 9.17) is 0 Å². The molecule has 1 aliphatic rings. The van der Waals surface area contributed by atoms with E-state index in [0.29, 0.717) is 13.0 Å². The van der Waals surface area contributed by atoms with Crippen molar-refractivity contribution in [2.75, 3.05) is 43.9 Å². The van der Waals surface area contributed by atoms with E-state index in [1.54, 1.807) is 0 Å². The zero-order chi connectivity index (χ0) is 12.3. The molecule has 1 N–H and O–H groups in total. The number of nitrogens with zero attached hydrogens (tertiary/aromatic N) is 2. The topological polar surface area (TPSA) is 35.6 Å². The molecule has 92 valence electrons. The zero-order valence-corrected chi connectivity index (χ0v) is 10.4. The van der Waals surface area contributed by atoms with Crippen LogP contribution in [0, 0.1) is 0 Å². The summed E-state index contributed by atoms with van der Waals surface area (Å²) in [6, 6.07) is 7.99. The summed E-state index contributed by atoms with van der Waals surface area (Å²) in [5.74, 6) is 0.198. The Morgan fingerprint density at radius 1 is 1.35 bits per heavy atom. The lowest BCUT2D eigenvalue weighted by Crippen LogP contribution is -2.36. The van der Waals surface area contributed by atoms with Gasteiger partial charge >= 0.3 is 0 Å². The number of para-hydroxylation sites is 2. The largest absolute Gasteiger partial charge is 0.383 e. The van der Waals surface area contributed by atoms with Crippen LogP contribution < -0.4 is 10.2 Å². The summed E-state index contributed by atoms with van der Waals surface area (Å²) in [4.78, 5) is 16.0. The highest BCUT2D eigenvalue weighted by molar-refractivity contribution is 5.98. The van der Waals surface area contributed by atoms with Crippen LogP contribution in [0.5, 0.6) is 0 Å². The Labute approximate surface area is 102 Å². The molecule has 1 amide bonds. The van der Waals surface area contributed by atoms with Gasteiger partial charge in [0.15, 0.2) is 0 Å².